The highest BCUT2D eigenvalue weighted by molar-refractivity contribution is 5.87. The Kier molecular flexibility index (Phi) is 2.67. The number of hydrogen-bond acceptors (Lipinski definition) is 3. The number of ether oxygens (including phenoxy) is 1. The summed E-state index contributed by atoms with van der Waals surface area (Å²) in [5.74, 6) is -0.611. The smallest absolute Gasteiger partial charge is 0.355 e. The van der Waals surface area contributed by atoms with E-state index in [0.29, 0.717) is 5.76 Å². The summed E-state index contributed by atoms with van der Waals surface area (Å²) in [7, 11) is 0. The van der Waals surface area contributed by atoms with Crippen LogP contribution in [0.25, 0.3) is 10.8 Å². The lowest BCUT2D eigenvalue weighted by Gasteiger charge is -2.26. The predicted molar refractivity (Wildman–Crippen MR) is 75.9 cm³/mol. The maximum Gasteiger partial charge on any atom is 0.355 e. The zero-order valence-corrected chi connectivity index (χ0v) is 11.3. The zero-order valence-electron chi connectivity index (χ0n) is 11.3. The summed E-state index contributed by atoms with van der Waals surface area (Å²) in [5.41, 5.74) is 0.162. The number of hydrogen-bond donors (Lipinski definition) is 2. The highest BCUT2D eigenvalue weighted by Gasteiger charge is 2.38. The molecule has 0 radical (unpaired) electrons. The van der Waals surface area contributed by atoms with Crippen molar-refractivity contribution in [1.29, 1.82) is 0 Å². The fourth-order valence-corrected chi connectivity index (χ4v) is 2.53. The number of carboxylic acids is 1. The van der Waals surface area contributed by atoms with E-state index in [2.05, 4.69) is 5.32 Å². The molecule has 2 N–H and O–H groups in total. The fraction of sp³-hybridized carbons (Fsp3) is 0.188. The minimum absolute atomic E-state index is 0.112. The van der Waals surface area contributed by atoms with Crippen molar-refractivity contribution >= 4 is 16.7 Å². The van der Waals surface area contributed by atoms with E-state index in [1.165, 1.54) is 0 Å². The van der Waals surface area contributed by atoms with Gasteiger partial charge < -0.3 is 15.2 Å². The molecule has 20 heavy (non-hydrogen) atoms. The lowest BCUT2D eigenvalue weighted by Crippen LogP contribution is -2.37. The van der Waals surface area contributed by atoms with Gasteiger partial charge in [0, 0.05) is 5.56 Å². The normalized spacial score (nSPS) is 21.7. The van der Waals surface area contributed by atoms with Gasteiger partial charge in [0.2, 0.25) is 5.72 Å². The summed E-state index contributed by atoms with van der Waals surface area (Å²) < 4.78 is 5.75. The molecule has 0 saturated heterocycles. The quantitative estimate of drug-likeness (QED) is 0.880. The summed E-state index contributed by atoms with van der Waals surface area (Å²) in [6, 6.07) is 14.0. The van der Waals surface area contributed by atoms with Gasteiger partial charge in [-0.25, -0.2) is 4.79 Å². The lowest BCUT2D eigenvalue weighted by atomic mass is 10.0. The standard InChI is InChI=1S/C16H15NO3/c1-10-14(15(18)19)17-16(2,20-10)13-8-7-11-5-3-4-6-12(11)9-13/h3-9,17H,1-2H3,(H,18,19). The molecule has 0 fully saturated rings. The summed E-state index contributed by atoms with van der Waals surface area (Å²) in [5, 5.41) is 14.3. The van der Waals surface area contributed by atoms with E-state index < -0.39 is 11.7 Å². The van der Waals surface area contributed by atoms with Crippen molar-refractivity contribution in [1.82, 2.24) is 5.32 Å². The first-order valence-corrected chi connectivity index (χ1v) is 6.40. The van der Waals surface area contributed by atoms with Crippen molar-refractivity contribution in [2.24, 2.45) is 0 Å². The minimum Gasteiger partial charge on any atom is -0.476 e. The van der Waals surface area contributed by atoms with Gasteiger partial charge in [0.1, 0.15) is 5.76 Å². The third-order valence-electron chi connectivity index (χ3n) is 3.59. The van der Waals surface area contributed by atoms with Crippen LogP contribution in [0.15, 0.2) is 53.9 Å². The second-order valence-electron chi connectivity index (χ2n) is 5.06. The molecule has 0 aromatic heterocycles. The first kappa shape index (κ1) is 12.5. The van der Waals surface area contributed by atoms with Gasteiger partial charge in [-0.1, -0.05) is 36.4 Å². The molecule has 0 amide bonds. The van der Waals surface area contributed by atoms with Crippen molar-refractivity contribution in [2.75, 3.05) is 0 Å². The Hall–Kier alpha value is -2.49. The summed E-state index contributed by atoms with van der Waals surface area (Å²) in [4.78, 5) is 11.1. The van der Waals surface area contributed by atoms with E-state index >= 15 is 0 Å². The molecule has 2 aromatic carbocycles. The minimum atomic E-state index is -1.01. The summed E-state index contributed by atoms with van der Waals surface area (Å²) in [6.07, 6.45) is 0. The van der Waals surface area contributed by atoms with Crippen molar-refractivity contribution < 1.29 is 14.6 Å². The van der Waals surface area contributed by atoms with Crippen LogP contribution in [-0.4, -0.2) is 11.1 Å². The number of nitrogens with one attached hydrogen (secondary N) is 1. The molecule has 1 aliphatic rings. The Morgan fingerprint density at radius 1 is 1.20 bits per heavy atom. The number of carboxylic acid groups (broad SMARTS) is 1. The van der Waals surface area contributed by atoms with Crippen LogP contribution in [-0.2, 0) is 15.3 Å². The van der Waals surface area contributed by atoms with Crippen LogP contribution in [0.3, 0.4) is 0 Å². The molecule has 0 spiro atoms. The number of carbonyl (C=O) groups is 1. The maximum atomic E-state index is 11.1. The van der Waals surface area contributed by atoms with Crippen molar-refractivity contribution in [2.45, 2.75) is 19.6 Å². The van der Waals surface area contributed by atoms with Gasteiger partial charge in [0.05, 0.1) is 0 Å². The van der Waals surface area contributed by atoms with Crippen LogP contribution >= 0.6 is 0 Å². The largest absolute Gasteiger partial charge is 0.476 e. The Morgan fingerprint density at radius 2 is 1.90 bits per heavy atom. The van der Waals surface area contributed by atoms with Gasteiger partial charge in [-0.05, 0) is 30.7 Å². The highest BCUT2D eigenvalue weighted by Crippen LogP contribution is 2.34. The number of benzene rings is 2. The number of allylic oxidation sites excluding steroid dienone is 1. The van der Waals surface area contributed by atoms with Gasteiger partial charge in [-0.15, -0.1) is 0 Å². The molecule has 4 nitrogen and oxygen atoms in total. The average molecular weight is 269 g/mol. The Balaban J connectivity index is 2.02. The van der Waals surface area contributed by atoms with Crippen LogP contribution in [0.1, 0.15) is 19.4 Å². The average Bonchev–Trinajstić information content (AvgIpc) is 2.75. The third kappa shape index (κ3) is 1.90. The Morgan fingerprint density at radius 3 is 2.55 bits per heavy atom. The van der Waals surface area contributed by atoms with Crippen molar-refractivity contribution in [3.8, 4) is 0 Å². The molecule has 1 unspecified atom stereocenters. The number of rotatable bonds is 2. The molecule has 4 heteroatoms. The maximum absolute atomic E-state index is 11.1. The van der Waals surface area contributed by atoms with E-state index in [-0.39, 0.29) is 5.70 Å². The van der Waals surface area contributed by atoms with Crippen LogP contribution in [0.5, 0.6) is 0 Å². The van der Waals surface area contributed by atoms with Gasteiger partial charge in [-0.2, -0.15) is 0 Å². The molecular weight excluding hydrogens is 254 g/mol. The number of aliphatic carboxylic acids is 1. The van der Waals surface area contributed by atoms with Crippen molar-refractivity contribution in [3.63, 3.8) is 0 Å². The molecule has 3 rings (SSSR count). The molecule has 0 bridgehead atoms. The third-order valence-corrected chi connectivity index (χ3v) is 3.59. The first-order valence-electron chi connectivity index (χ1n) is 6.40. The van der Waals surface area contributed by atoms with Gasteiger partial charge in [0.15, 0.2) is 5.70 Å². The molecular formula is C16H15NO3. The monoisotopic (exact) mass is 269 g/mol. The molecule has 0 saturated carbocycles. The van der Waals surface area contributed by atoms with Crippen LogP contribution in [0.2, 0.25) is 0 Å². The van der Waals surface area contributed by atoms with Gasteiger partial charge >= 0.3 is 5.97 Å². The Bertz CT molecular complexity index is 735. The topological polar surface area (TPSA) is 58.6 Å². The van der Waals surface area contributed by atoms with E-state index in [1.54, 1.807) is 6.92 Å². The molecule has 0 aliphatic carbocycles. The molecule has 1 heterocycles. The highest BCUT2D eigenvalue weighted by atomic mass is 16.5. The molecule has 2 aromatic rings. The van der Waals surface area contributed by atoms with E-state index in [1.807, 2.05) is 49.4 Å². The van der Waals surface area contributed by atoms with E-state index in [9.17, 15) is 4.79 Å². The van der Waals surface area contributed by atoms with Crippen LogP contribution < -0.4 is 5.32 Å². The molecule has 102 valence electrons. The predicted octanol–water partition coefficient (Wildman–Crippen LogP) is 2.95. The van der Waals surface area contributed by atoms with E-state index in [4.69, 9.17) is 9.84 Å². The van der Waals surface area contributed by atoms with Crippen molar-refractivity contribution in [3.05, 3.63) is 59.5 Å². The van der Waals surface area contributed by atoms with E-state index in [0.717, 1.165) is 16.3 Å². The molecule has 1 atom stereocenters. The summed E-state index contributed by atoms with van der Waals surface area (Å²) >= 11 is 0. The second-order valence-corrected chi connectivity index (χ2v) is 5.06. The SMILES string of the molecule is CC1=C(C(=O)O)NC(C)(c2ccc3ccccc3c2)O1. The Labute approximate surface area is 116 Å². The lowest BCUT2D eigenvalue weighted by molar-refractivity contribution is -0.133. The second kappa shape index (κ2) is 4.27. The van der Waals surface area contributed by atoms with Crippen LogP contribution in [0.4, 0.5) is 0 Å². The van der Waals surface area contributed by atoms with Gasteiger partial charge in [-0.3, -0.25) is 0 Å². The zero-order chi connectivity index (χ0) is 14.3. The molecule has 1 aliphatic heterocycles. The summed E-state index contributed by atoms with van der Waals surface area (Å²) in [6.45, 7) is 3.49. The first-order chi connectivity index (χ1) is 9.49. The number of fused-ring (bicyclic) bond motifs is 1. The van der Waals surface area contributed by atoms with Crippen LogP contribution in [0, 0.1) is 0 Å². The fourth-order valence-electron chi connectivity index (χ4n) is 2.53. The van der Waals surface area contributed by atoms with Gasteiger partial charge in [0.25, 0.3) is 0 Å².